The number of benzene rings is 3. The van der Waals surface area contributed by atoms with Gasteiger partial charge in [-0.15, -0.1) is 0 Å². The van der Waals surface area contributed by atoms with E-state index in [4.69, 9.17) is 10.00 Å². The summed E-state index contributed by atoms with van der Waals surface area (Å²) in [5.41, 5.74) is 4.62. The zero-order chi connectivity index (χ0) is 24.5. The Hall–Kier alpha value is -4.41. The van der Waals surface area contributed by atoms with E-state index in [2.05, 4.69) is 20.5 Å². The number of aromatic nitrogens is 2. The molecule has 1 atom stereocenters. The van der Waals surface area contributed by atoms with Gasteiger partial charge in [0, 0.05) is 38.8 Å². The van der Waals surface area contributed by atoms with Gasteiger partial charge < -0.3 is 14.2 Å². The quantitative estimate of drug-likeness (QED) is 0.438. The number of ether oxygens (including phenoxy) is 1. The van der Waals surface area contributed by atoms with Crippen molar-refractivity contribution in [3.05, 3.63) is 108 Å². The van der Waals surface area contributed by atoms with Crippen LogP contribution in [0.5, 0.6) is 11.5 Å². The minimum Gasteiger partial charge on any atom is -0.455 e. The van der Waals surface area contributed by atoms with Crippen molar-refractivity contribution < 1.29 is 9.53 Å². The first-order chi connectivity index (χ1) is 17.7. The number of piperazine rings is 1. The summed E-state index contributed by atoms with van der Waals surface area (Å²) in [7, 11) is 0. The Labute approximate surface area is 209 Å². The topological polar surface area (TPSA) is 74.4 Å². The second-order valence-corrected chi connectivity index (χ2v) is 9.18. The van der Waals surface area contributed by atoms with Crippen LogP contribution >= 0.6 is 0 Å². The van der Waals surface area contributed by atoms with Crippen LogP contribution < -0.4 is 9.64 Å². The molecular weight excluding hydrogens is 450 g/mol. The van der Waals surface area contributed by atoms with E-state index in [9.17, 15) is 4.79 Å². The predicted octanol–water partition coefficient (Wildman–Crippen LogP) is 4.37. The van der Waals surface area contributed by atoms with Gasteiger partial charge in [-0.3, -0.25) is 9.69 Å². The molecule has 7 nitrogen and oxygen atoms in total. The van der Waals surface area contributed by atoms with Crippen LogP contribution in [0, 0.1) is 11.3 Å². The highest BCUT2D eigenvalue weighted by molar-refractivity contribution is 5.99. The number of rotatable bonds is 4. The summed E-state index contributed by atoms with van der Waals surface area (Å²) >= 11 is 0. The zero-order valence-corrected chi connectivity index (χ0v) is 19.7. The Balaban J connectivity index is 1.30. The third-order valence-corrected chi connectivity index (χ3v) is 6.96. The van der Waals surface area contributed by atoms with Crippen molar-refractivity contribution in [3.63, 3.8) is 0 Å². The van der Waals surface area contributed by atoms with Gasteiger partial charge in [-0.05, 0) is 41.5 Å². The lowest BCUT2D eigenvalue weighted by molar-refractivity contribution is -0.126. The predicted molar refractivity (Wildman–Crippen MR) is 136 cm³/mol. The maximum Gasteiger partial charge on any atom is 0.244 e. The Kier molecular flexibility index (Phi) is 5.72. The van der Waals surface area contributed by atoms with Crippen molar-refractivity contribution >= 4 is 11.6 Å². The molecule has 0 aliphatic carbocycles. The molecule has 0 N–H and O–H groups in total. The molecule has 4 aromatic rings. The summed E-state index contributed by atoms with van der Waals surface area (Å²) in [6.07, 6.45) is 4.28. The third kappa shape index (κ3) is 4.12. The molecule has 178 valence electrons. The molecule has 1 fully saturated rings. The van der Waals surface area contributed by atoms with Gasteiger partial charge >= 0.3 is 0 Å². The summed E-state index contributed by atoms with van der Waals surface area (Å²) < 4.78 is 8.43. The molecule has 3 aromatic carbocycles. The van der Waals surface area contributed by atoms with E-state index in [1.165, 1.54) is 0 Å². The normalized spacial score (nSPS) is 17.1. The van der Waals surface area contributed by atoms with Gasteiger partial charge in [-0.1, -0.05) is 42.5 Å². The average Bonchev–Trinajstić information content (AvgIpc) is 3.34. The van der Waals surface area contributed by atoms with Crippen LogP contribution in [0.15, 0.2) is 85.3 Å². The Bertz CT molecular complexity index is 1450. The molecule has 3 heterocycles. The Morgan fingerprint density at radius 3 is 2.56 bits per heavy atom. The van der Waals surface area contributed by atoms with Crippen LogP contribution in [-0.2, 0) is 24.3 Å². The fourth-order valence-electron chi connectivity index (χ4n) is 5.05. The summed E-state index contributed by atoms with van der Waals surface area (Å²) in [5, 5.41) is 9.07. The van der Waals surface area contributed by atoms with Crippen molar-refractivity contribution in [1.82, 2.24) is 14.5 Å². The minimum absolute atomic E-state index is 0.0900. The number of nitriles is 1. The number of carbonyl (C=O) groups is 1. The summed E-state index contributed by atoms with van der Waals surface area (Å²) in [4.78, 5) is 22.4. The van der Waals surface area contributed by atoms with Gasteiger partial charge in [-0.2, -0.15) is 5.26 Å². The molecule has 2 aliphatic heterocycles. The molecule has 7 heteroatoms. The van der Waals surface area contributed by atoms with E-state index in [-0.39, 0.29) is 11.9 Å². The highest BCUT2D eigenvalue weighted by atomic mass is 16.5. The average molecular weight is 476 g/mol. The van der Waals surface area contributed by atoms with Crippen molar-refractivity contribution in [2.75, 3.05) is 18.0 Å². The number of imidazole rings is 1. The van der Waals surface area contributed by atoms with Gasteiger partial charge in [0.05, 0.1) is 35.4 Å². The van der Waals surface area contributed by atoms with E-state index >= 15 is 0 Å². The lowest BCUT2D eigenvalue weighted by Gasteiger charge is -2.40. The zero-order valence-electron chi connectivity index (χ0n) is 19.7. The Morgan fingerprint density at radius 2 is 1.72 bits per heavy atom. The van der Waals surface area contributed by atoms with E-state index < -0.39 is 0 Å². The van der Waals surface area contributed by atoms with Crippen LogP contribution in [0.4, 0.5) is 5.69 Å². The molecular formula is C29H25N5O2. The first kappa shape index (κ1) is 22.1. The van der Waals surface area contributed by atoms with Gasteiger partial charge in [0.1, 0.15) is 5.75 Å². The minimum atomic E-state index is -0.312. The standard InChI is InChI=1S/C29H25N5O2/c30-16-21-9-11-22(12-10-21)18-33-20-31-17-24(33)19-32-13-14-34-25-6-2-4-8-28(25)36-27-7-3-1-5-23(27)15-26(32)29(34)35/h1-12,17,20,26H,13-15,18-19H2. The lowest BCUT2D eigenvalue weighted by atomic mass is 10.00. The number of anilines is 1. The molecule has 0 saturated carbocycles. The number of hydrogen-bond donors (Lipinski definition) is 0. The smallest absolute Gasteiger partial charge is 0.244 e. The van der Waals surface area contributed by atoms with Crippen LogP contribution in [0.3, 0.4) is 0 Å². The second kappa shape index (κ2) is 9.33. The molecule has 6 rings (SSSR count). The molecule has 36 heavy (non-hydrogen) atoms. The van der Waals surface area contributed by atoms with Crippen LogP contribution in [-0.4, -0.2) is 39.5 Å². The number of carbonyl (C=O) groups excluding carboxylic acids is 1. The SMILES string of the molecule is N#Cc1ccc(Cn2cncc2CN2CCN3C(=O)C2Cc2ccccc2Oc2ccccc23)cc1. The molecule has 1 unspecified atom stereocenters. The Morgan fingerprint density at radius 1 is 0.944 bits per heavy atom. The van der Waals surface area contributed by atoms with Crippen molar-refractivity contribution in [2.45, 2.75) is 25.6 Å². The first-order valence-corrected chi connectivity index (χ1v) is 12.1. The van der Waals surface area contributed by atoms with Crippen molar-refractivity contribution in [2.24, 2.45) is 0 Å². The van der Waals surface area contributed by atoms with Crippen LogP contribution in [0.25, 0.3) is 0 Å². The van der Waals surface area contributed by atoms with E-state index in [1.807, 2.05) is 90.2 Å². The van der Waals surface area contributed by atoms with Gasteiger partial charge in [0.15, 0.2) is 5.75 Å². The maximum absolute atomic E-state index is 13.9. The lowest BCUT2D eigenvalue weighted by Crippen LogP contribution is -2.57. The largest absolute Gasteiger partial charge is 0.455 e. The molecule has 1 aromatic heterocycles. The van der Waals surface area contributed by atoms with Crippen molar-refractivity contribution in [3.8, 4) is 17.6 Å². The highest BCUT2D eigenvalue weighted by Crippen LogP contribution is 2.38. The first-order valence-electron chi connectivity index (χ1n) is 12.1. The molecule has 0 spiro atoms. The number of para-hydroxylation sites is 3. The molecule has 0 radical (unpaired) electrons. The second-order valence-electron chi connectivity index (χ2n) is 9.18. The fourth-order valence-corrected chi connectivity index (χ4v) is 5.05. The number of nitrogens with zero attached hydrogens (tertiary/aromatic N) is 5. The molecule has 2 aliphatic rings. The summed E-state index contributed by atoms with van der Waals surface area (Å²) in [6.45, 7) is 2.61. The van der Waals surface area contributed by atoms with Crippen molar-refractivity contribution in [1.29, 1.82) is 5.26 Å². The number of hydrogen-bond acceptors (Lipinski definition) is 5. The molecule has 2 bridgehead atoms. The highest BCUT2D eigenvalue weighted by Gasteiger charge is 2.38. The van der Waals surface area contributed by atoms with Crippen LogP contribution in [0.2, 0.25) is 0 Å². The molecule has 1 saturated heterocycles. The van der Waals surface area contributed by atoms with E-state index in [1.54, 1.807) is 0 Å². The fraction of sp³-hybridized carbons (Fsp3) is 0.207. The van der Waals surface area contributed by atoms with Gasteiger partial charge in [0.25, 0.3) is 0 Å². The maximum atomic E-state index is 13.9. The molecule has 1 amide bonds. The number of amides is 1. The third-order valence-electron chi connectivity index (χ3n) is 6.96. The van der Waals surface area contributed by atoms with Crippen LogP contribution in [0.1, 0.15) is 22.4 Å². The van der Waals surface area contributed by atoms with Gasteiger partial charge in [-0.25, -0.2) is 4.98 Å². The van der Waals surface area contributed by atoms with E-state index in [0.29, 0.717) is 37.4 Å². The van der Waals surface area contributed by atoms with E-state index in [0.717, 1.165) is 34.8 Å². The monoisotopic (exact) mass is 475 g/mol. The van der Waals surface area contributed by atoms with Gasteiger partial charge in [0.2, 0.25) is 5.91 Å². The number of fused-ring (bicyclic) bond motifs is 5. The summed E-state index contributed by atoms with van der Waals surface area (Å²) in [6, 6.07) is 25.2. The summed E-state index contributed by atoms with van der Waals surface area (Å²) in [5.74, 6) is 1.58.